The lowest BCUT2D eigenvalue weighted by molar-refractivity contribution is -0.114. The number of fused-ring (bicyclic) bond motifs is 1. The van der Waals surface area contributed by atoms with E-state index in [-0.39, 0.29) is 17.9 Å². The first-order valence-electron chi connectivity index (χ1n) is 9.24. The van der Waals surface area contributed by atoms with Crippen molar-refractivity contribution in [2.24, 2.45) is 5.92 Å². The number of carbonyl (C=O) groups excluding carboxylic acids is 2. The SMILES string of the molecule is CC(=O)Nc1sc2c(c1C(=O)N(C)C1CCN(C)CC1)CCC(C)C2. The minimum atomic E-state index is -0.109. The number of anilines is 1. The molecule has 0 bridgehead atoms. The van der Waals surface area contributed by atoms with Crippen molar-refractivity contribution in [3.8, 4) is 0 Å². The lowest BCUT2D eigenvalue weighted by atomic mass is 9.88. The van der Waals surface area contributed by atoms with E-state index < -0.39 is 0 Å². The number of hydrogen-bond acceptors (Lipinski definition) is 4. The minimum Gasteiger partial charge on any atom is -0.339 e. The summed E-state index contributed by atoms with van der Waals surface area (Å²) >= 11 is 1.60. The highest BCUT2D eigenvalue weighted by Gasteiger charge is 2.32. The first-order chi connectivity index (χ1) is 11.9. The van der Waals surface area contributed by atoms with Crippen molar-refractivity contribution in [1.29, 1.82) is 0 Å². The van der Waals surface area contributed by atoms with E-state index in [9.17, 15) is 9.59 Å². The predicted octanol–water partition coefficient (Wildman–Crippen LogP) is 3.00. The average molecular weight is 364 g/mol. The van der Waals surface area contributed by atoms with Gasteiger partial charge < -0.3 is 15.1 Å². The van der Waals surface area contributed by atoms with Crippen LogP contribution in [0.2, 0.25) is 0 Å². The Kier molecular flexibility index (Phi) is 5.49. The summed E-state index contributed by atoms with van der Waals surface area (Å²) < 4.78 is 0. The van der Waals surface area contributed by atoms with Crippen LogP contribution in [0, 0.1) is 5.92 Å². The Morgan fingerprint density at radius 2 is 1.92 bits per heavy atom. The third-order valence-electron chi connectivity index (χ3n) is 5.57. The Hall–Kier alpha value is -1.40. The zero-order chi connectivity index (χ0) is 18.1. The van der Waals surface area contributed by atoms with E-state index in [4.69, 9.17) is 0 Å². The second kappa shape index (κ2) is 7.46. The maximum absolute atomic E-state index is 13.3. The van der Waals surface area contributed by atoms with Crippen molar-refractivity contribution in [1.82, 2.24) is 9.80 Å². The van der Waals surface area contributed by atoms with Gasteiger partial charge in [0.05, 0.1) is 5.56 Å². The summed E-state index contributed by atoms with van der Waals surface area (Å²) in [7, 11) is 4.05. The van der Waals surface area contributed by atoms with E-state index >= 15 is 0 Å². The Labute approximate surface area is 154 Å². The predicted molar refractivity (Wildman–Crippen MR) is 102 cm³/mol. The Balaban J connectivity index is 1.88. The van der Waals surface area contributed by atoms with Crippen molar-refractivity contribution >= 4 is 28.2 Å². The maximum atomic E-state index is 13.3. The smallest absolute Gasteiger partial charge is 0.257 e. The summed E-state index contributed by atoms with van der Waals surface area (Å²) in [5.74, 6) is 0.610. The van der Waals surface area contributed by atoms with Crippen molar-refractivity contribution in [2.45, 2.75) is 52.0 Å². The van der Waals surface area contributed by atoms with Crippen LogP contribution in [0.25, 0.3) is 0 Å². The molecule has 1 aromatic rings. The summed E-state index contributed by atoms with van der Waals surface area (Å²) in [6.45, 7) is 5.82. The quantitative estimate of drug-likeness (QED) is 0.898. The van der Waals surface area contributed by atoms with Crippen LogP contribution in [-0.4, -0.2) is 54.8 Å². The molecule has 0 radical (unpaired) electrons. The maximum Gasteiger partial charge on any atom is 0.257 e. The molecule has 138 valence electrons. The van der Waals surface area contributed by atoms with Crippen LogP contribution in [0.15, 0.2) is 0 Å². The highest BCUT2D eigenvalue weighted by Crippen LogP contribution is 2.40. The van der Waals surface area contributed by atoms with E-state index in [1.165, 1.54) is 17.4 Å². The van der Waals surface area contributed by atoms with Crippen LogP contribution >= 0.6 is 11.3 Å². The molecule has 2 amide bonds. The highest BCUT2D eigenvalue weighted by molar-refractivity contribution is 7.17. The molecule has 2 aliphatic rings. The van der Waals surface area contributed by atoms with Gasteiger partial charge in [-0.3, -0.25) is 9.59 Å². The molecule has 1 N–H and O–H groups in total. The standard InChI is InChI=1S/C19H29N3O2S/c1-12-5-6-15-16(11-12)25-18(20-13(2)23)17(15)19(24)22(4)14-7-9-21(3)10-8-14/h12,14H,5-11H2,1-4H3,(H,20,23). The van der Waals surface area contributed by atoms with Crippen molar-refractivity contribution in [3.05, 3.63) is 16.0 Å². The summed E-state index contributed by atoms with van der Waals surface area (Å²) in [5.41, 5.74) is 1.93. The molecular weight excluding hydrogens is 334 g/mol. The van der Waals surface area contributed by atoms with E-state index in [0.29, 0.717) is 5.92 Å². The van der Waals surface area contributed by atoms with Gasteiger partial charge in [0.1, 0.15) is 5.00 Å². The van der Waals surface area contributed by atoms with Gasteiger partial charge in [-0.15, -0.1) is 11.3 Å². The molecule has 1 fully saturated rings. The van der Waals surface area contributed by atoms with E-state index in [2.05, 4.69) is 24.2 Å². The minimum absolute atomic E-state index is 0.0744. The lowest BCUT2D eigenvalue weighted by Gasteiger charge is -2.35. The molecule has 1 unspecified atom stereocenters. The van der Waals surface area contributed by atoms with Crippen LogP contribution in [0.3, 0.4) is 0 Å². The van der Waals surface area contributed by atoms with Crippen molar-refractivity contribution in [2.75, 3.05) is 32.5 Å². The number of nitrogens with zero attached hydrogens (tertiary/aromatic N) is 2. The fourth-order valence-electron chi connectivity index (χ4n) is 3.95. The third kappa shape index (κ3) is 3.90. The van der Waals surface area contributed by atoms with Gasteiger partial charge in [-0.25, -0.2) is 0 Å². The molecule has 3 rings (SSSR count). The largest absolute Gasteiger partial charge is 0.339 e. The Morgan fingerprint density at radius 1 is 1.24 bits per heavy atom. The van der Waals surface area contributed by atoms with E-state index in [1.807, 2.05) is 11.9 Å². The highest BCUT2D eigenvalue weighted by atomic mass is 32.1. The van der Waals surface area contributed by atoms with Crippen LogP contribution in [0.5, 0.6) is 0 Å². The zero-order valence-corrected chi connectivity index (χ0v) is 16.5. The normalized spacial score (nSPS) is 21.7. The summed E-state index contributed by atoms with van der Waals surface area (Å²) in [4.78, 5) is 30.5. The molecule has 0 aromatic carbocycles. The number of carbonyl (C=O) groups is 2. The van der Waals surface area contributed by atoms with Gasteiger partial charge in [0.15, 0.2) is 0 Å². The van der Waals surface area contributed by atoms with Crippen molar-refractivity contribution < 1.29 is 9.59 Å². The molecule has 0 saturated carbocycles. The molecule has 1 saturated heterocycles. The number of hydrogen-bond donors (Lipinski definition) is 1. The molecule has 2 heterocycles. The average Bonchev–Trinajstić information content (AvgIpc) is 2.90. The first kappa shape index (κ1) is 18.4. The lowest BCUT2D eigenvalue weighted by Crippen LogP contribution is -2.44. The van der Waals surface area contributed by atoms with Gasteiger partial charge in [0.25, 0.3) is 5.91 Å². The van der Waals surface area contributed by atoms with Gasteiger partial charge in [-0.05, 0) is 63.7 Å². The molecule has 1 aromatic heterocycles. The number of amides is 2. The summed E-state index contributed by atoms with van der Waals surface area (Å²) in [6, 6.07) is 0.284. The van der Waals surface area contributed by atoms with Gasteiger partial charge in [0, 0.05) is 24.9 Å². The Bertz CT molecular complexity index is 662. The molecule has 1 aliphatic carbocycles. The topological polar surface area (TPSA) is 52.7 Å². The summed E-state index contributed by atoms with van der Waals surface area (Å²) in [6.07, 6.45) is 5.09. The second-order valence-electron chi connectivity index (χ2n) is 7.69. The van der Waals surface area contributed by atoms with Crippen LogP contribution in [0.4, 0.5) is 5.00 Å². The van der Waals surface area contributed by atoms with E-state index in [1.54, 1.807) is 11.3 Å². The number of nitrogens with one attached hydrogen (secondary N) is 1. The van der Waals surface area contributed by atoms with Gasteiger partial charge in [0.2, 0.25) is 5.91 Å². The number of rotatable bonds is 3. The van der Waals surface area contributed by atoms with Crippen LogP contribution < -0.4 is 5.32 Å². The molecule has 25 heavy (non-hydrogen) atoms. The van der Waals surface area contributed by atoms with E-state index in [0.717, 1.165) is 55.8 Å². The monoisotopic (exact) mass is 363 g/mol. The number of likely N-dealkylation sites (tertiary alicyclic amines) is 1. The first-order valence-corrected chi connectivity index (χ1v) is 10.1. The third-order valence-corrected chi connectivity index (χ3v) is 6.74. The molecule has 6 heteroatoms. The fourth-order valence-corrected chi connectivity index (χ4v) is 5.40. The second-order valence-corrected chi connectivity index (χ2v) is 8.79. The van der Waals surface area contributed by atoms with Gasteiger partial charge >= 0.3 is 0 Å². The van der Waals surface area contributed by atoms with Gasteiger partial charge in [-0.2, -0.15) is 0 Å². The van der Waals surface area contributed by atoms with Crippen LogP contribution in [-0.2, 0) is 17.6 Å². The molecule has 5 nitrogen and oxygen atoms in total. The van der Waals surface area contributed by atoms with Crippen molar-refractivity contribution in [3.63, 3.8) is 0 Å². The fraction of sp³-hybridized carbons (Fsp3) is 0.684. The summed E-state index contributed by atoms with van der Waals surface area (Å²) in [5, 5.41) is 3.66. The number of piperidine rings is 1. The van der Waals surface area contributed by atoms with Crippen LogP contribution in [0.1, 0.15) is 53.9 Å². The molecule has 0 spiro atoms. The number of thiophene rings is 1. The Morgan fingerprint density at radius 3 is 2.56 bits per heavy atom. The molecule has 1 atom stereocenters. The molecular formula is C19H29N3O2S. The zero-order valence-electron chi connectivity index (χ0n) is 15.7. The molecule has 1 aliphatic heterocycles. The van der Waals surface area contributed by atoms with Gasteiger partial charge in [-0.1, -0.05) is 6.92 Å².